The molecule has 0 fully saturated rings. The number of nitrogens with zero attached hydrogens (tertiary/aromatic N) is 1. The van der Waals surface area contributed by atoms with Crippen molar-refractivity contribution in [2.75, 3.05) is 5.01 Å². The average molecular weight is 374 g/mol. The molecule has 2 atom stereocenters. The summed E-state index contributed by atoms with van der Waals surface area (Å²) >= 11 is 0. The number of nitrogens with two attached hydrogens (primary N) is 1. The van der Waals surface area contributed by atoms with E-state index in [9.17, 15) is 9.59 Å². The number of hydrogen-bond donors (Lipinski definition) is 2. The van der Waals surface area contributed by atoms with Crippen LogP contribution in [0.1, 0.15) is 32.3 Å². The van der Waals surface area contributed by atoms with E-state index in [1.165, 1.54) is 5.01 Å². The number of hydrazine groups is 1. The SMILES string of the molecule is CC(C)[C@H](N)C(=O)NN1C(=O)[C@H](C)c2ccccc2-c2ccccc21.Cl. The molecule has 0 aliphatic carbocycles. The number of benzene rings is 2. The highest BCUT2D eigenvalue weighted by molar-refractivity contribution is 6.06. The van der Waals surface area contributed by atoms with Crippen molar-refractivity contribution in [3.05, 3.63) is 54.1 Å². The molecule has 1 heterocycles. The molecule has 0 spiro atoms. The smallest absolute Gasteiger partial charge is 0.256 e. The van der Waals surface area contributed by atoms with Gasteiger partial charge in [-0.05, 0) is 30.0 Å². The van der Waals surface area contributed by atoms with Crippen molar-refractivity contribution in [1.82, 2.24) is 5.43 Å². The number of nitrogens with one attached hydrogen (secondary N) is 1. The molecular formula is C20H24ClN3O2. The molecule has 6 heteroatoms. The largest absolute Gasteiger partial charge is 0.320 e. The summed E-state index contributed by atoms with van der Waals surface area (Å²) in [4.78, 5) is 25.5. The molecular weight excluding hydrogens is 350 g/mol. The first-order chi connectivity index (χ1) is 11.9. The zero-order valence-electron chi connectivity index (χ0n) is 15.1. The van der Waals surface area contributed by atoms with E-state index in [1.54, 1.807) is 0 Å². The van der Waals surface area contributed by atoms with E-state index in [-0.39, 0.29) is 36.1 Å². The van der Waals surface area contributed by atoms with Crippen LogP contribution >= 0.6 is 12.4 Å². The van der Waals surface area contributed by atoms with E-state index >= 15 is 0 Å². The van der Waals surface area contributed by atoms with Crippen LogP contribution in [0.3, 0.4) is 0 Å². The summed E-state index contributed by atoms with van der Waals surface area (Å²) in [6, 6.07) is 14.7. The summed E-state index contributed by atoms with van der Waals surface area (Å²) in [6.07, 6.45) is 0. The van der Waals surface area contributed by atoms with Crippen LogP contribution in [0.5, 0.6) is 0 Å². The van der Waals surface area contributed by atoms with Crippen molar-refractivity contribution in [2.45, 2.75) is 32.7 Å². The molecule has 1 aliphatic rings. The van der Waals surface area contributed by atoms with E-state index in [4.69, 9.17) is 5.73 Å². The first-order valence-corrected chi connectivity index (χ1v) is 8.50. The number of rotatable bonds is 3. The number of halogens is 1. The van der Waals surface area contributed by atoms with Crippen LogP contribution in [-0.2, 0) is 9.59 Å². The number of amides is 2. The second-order valence-corrected chi connectivity index (χ2v) is 6.75. The number of para-hydroxylation sites is 1. The van der Waals surface area contributed by atoms with Gasteiger partial charge in [0.15, 0.2) is 0 Å². The molecule has 3 N–H and O–H groups in total. The lowest BCUT2D eigenvalue weighted by molar-refractivity contribution is -0.127. The molecule has 0 saturated carbocycles. The van der Waals surface area contributed by atoms with E-state index in [1.807, 2.05) is 69.3 Å². The lowest BCUT2D eigenvalue weighted by atomic mass is 9.92. The van der Waals surface area contributed by atoms with Crippen LogP contribution in [-0.4, -0.2) is 17.9 Å². The Morgan fingerprint density at radius 2 is 1.65 bits per heavy atom. The molecule has 3 rings (SSSR count). The highest BCUT2D eigenvalue weighted by Gasteiger charge is 2.33. The Balaban J connectivity index is 0.00000243. The fraction of sp³-hybridized carbons (Fsp3) is 0.300. The normalized spacial score (nSPS) is 16.9. The maximum Gasteiger partial charge on any atom is 0.256 e. The van der Waals surface area contributed by atoms with Crippen LogP contribution in [0, 0.1) is 5.92 Å². The van der Waals surface area contributed by atoms with E-state index in [0.29, 0.717) is 5.69 Å². The van der Waals surface area contributed by atoms with Gasteiger partial charge in [0.05, 0.1) is 17.6 Å². The molecule has 5 nitrogen and oxygen atoms in total. The number of carbonyl (C=O) groups excluding carboxylic acids is 2. The maximum atomic E-state index is 13.1. The van der Waals surface area contributed by atoms with Gasteiger partial charge in [-0.2, -0.15) is 0 Å². The minimum atomic E-state index is -0.680. The van der Waals surface area contributed by atoms with Crippen LogP contribution in [0.15, 0.2) is 48.5 Å². The van der Waals surface area contributed by atoms with Gasteiger partial charge in [-0.15, -0.1) is 12.4 Å². The molecule has 0 radical (unpaired) electrons. The molecule has 0 saturated heterocycles. The van der Waals surface area contributed by atoms with Crippen molar-refractivity contribution in [1.29, 1.82) is 0 Å². The van der Waals surface area contributed by atoms with Crippen molar-refractivity contribution >= 4 is 29.9 Å². The number of hydrogen-bond acceptors (Lipinski definition) is 3. The Morgan fingerprint density at radius 1 is 1.08 bits per heavy atom. The van der Waals surface area contributed by atoms with Gasteiger partial charge in [-0.25, -0.2) is 5.01 Å². The third kappa shape index (κ3) is 3.45. The van der Waals surface area contributed by atoms with Gasteiger partial charge in [0.25, 0.3) is 11.8 Å². The molecule has 26 heavy (non-hydrogen) atoms. The van der Waals surface area contributed by atoms with Gasteiger partial charge in [-0.3, -0.25) is 15.0 Å². The molecule has 0 bridgehead atoms. The Hall–Kier alpha value is -2.37. The van der Waals surface area contributed by atoms with Gasteiger partial charge in [0, 0.05) is 5.56 Å². The number of anilines is 1. The third-order valence-corrected chi connectivity index (χ3v) is 4.70. The van der Waals surface area contributed by atoms with Gasteiger partial charge in [0.2, 0.25) is 0 Å². The lowest BCUT2D eigenvalue weighted by Crippen LogP contribution is -2.54. The molecule has 1 aliphatic heterocycles. The first kappa shape index (κ1) is 19.9. The second-order valence-electron chi connectivity index (χ2n) is 6.75. The molecule has 2 aromatic rings. The maximum absolute atomic E-state index is 13.1. The summed E-state index contributed by atoms with van der Waals surface area (Å²) in [7, 11) is 0. The monoisotopic (exact) mass is 373 g/mol. The van der Waals surface area contributed by atoms with Gasteiger partial charge in [0.1, 0.15) is 0 Å². The predicted molar refractivity (Wildman–Crippen MR) is 106 cm³/mol. The van der Waals surface area contributed by atoms with Crippen molar-refractivity contribution in [3.63, 3.8) is 0 Å². The molecule has 2 amide bonds. The Bertz CT molecular complexity index is 822. The highest BCUT2D eigenvalue weighted by Crippen LogP contribution is 2.39. The zero-order chi connectivity index (χ0) is 18.1. The minimum absolute atomic E-state index is 0. The van der Waals surface area contributed by atoms with Crippen molar-refractivity contribution < 1.29 is 9.59 Å². The zero-order valence-corrected chi connectivity index (χ0v) is 15.9. The van der Waals surface area contributed by atoms with E-state index < -0.39 is 6.04 Å². The fourth-order valence-corrected chi connectivity index (χ4v) is 3.06. The van der Waals surface area contributed by atoms with E-state index in [0.717, 1.165) is 16.7 Å². The second kappa shape index (κ2) is 7.89. The van der Waals surface area contributed by atoms with Gasteiger partial charge in [-0.1, -0.05) is 56.3 Å². The quantitative estimate of drug-likeness (QED) is 0.867. The summed E-state index contributed by atoms with van der Waals surface area (Å²) in [5.74, 6) is -0.941. The van der Waals surface area contributed by atoms with Crippen LogP contribution in [0.4, 0.5) is 5.69 Å². The Labute approximate surface area is 159 Å². The molecule has 0 aromatic heterocycles. The van der Waals surface area contributed by atoms with Crippen molar-refractivity contribution in [2.24, 2.45) is 11.7 Å². The van der Waals surface area contributed by atoms with Crippen LogP contribution in [0.25, 0.3) is 11.1 Å². The first-order valence-electron chi connectivity index (χ1n) is 8.50. The van der Waals surface area contributed by atoms with Gasteiger partial charge >= 0.3 is 0 Å². The number of fused-ring (bicyclic) bond motifs is 3. The molecule has 0 unspecified atom stereocenters. The van der Waals surface area contributed by atoms with Crippen LogP contribution < -0.4 is 16.2 Å². The van der Waals surface area contributed by atoms with Crippen LogP contribution in [0.2, 0.25) is 0 Å². The summed E-state index contributed by atoms with van der Waals surface area (Å²) in [5.41, 5.74) is 12.2. The van der Waals surface area contributed by atoms with E-state index in [2.05, 4.69) is 5.43 Å². The van der Waals surface area contributed by atoms with Gasteiger partial charge < -0.3 is 5.73 Å². The summed E-state index contributed by atoms with van der Waals surface area (Å²) in [6.45, 7) is 5.61. The highest BCUT2D eigenvalue weighted by atomic mass is 35.5. The average Bonchev–Trinajstić information content (AvgIpc) is 2.71. The summed E-state index contributed by atoms with van der Waals surface area (Å²) < 4.78 is 0. The fourth-order valence-electron chi connectivity index (χ4n) is 3.06. The standard InChI is InChI=1S/C20H23N3O2.ClH/c1-12(2)18(21)19(24)22-23-17-11-7-6-10-16(17)15-9-5-4-8-14(15)13(3)20(23)25;/h4-13,18H,21H2,1-3H3,(H,22,24);1H/t13-,18+;/m1./s1. The topological polar surface area (TPSA) is 75.4 Å². The Morgan fingerprint density at radius 3 is 2.31 bits per heavy atom. The number of carbonyl (C=O) groups is 2. The van der Waals surface area contributed by atoms with Crippen molar-refractivity contribution in [3.8, 4) is 11.1 Å². The predicted octanol–water partition coefficient (Wildman–Crippen LogP) is 3.24. The Kier molecular flexibility index (Phi) is 6.05. The molecule has 2 aromatic carbocycles. The molecule has 138 valence electrons. The lowest BCUT2D eigenvalue weighted by Gasteiger charge is -2.27. The third-order valence-electron chi connectivity index (χ3n) is 4.70. The summed E-state index contributed by atoms with van der Waals surface area (Å²) in [5, 5.41) is 1.35. The minimum Gasteiger partial charge on any atom is -0.320 e.